The standard InChI is InChI=1S/C16H18ClNO/c17-11-12-18(15-7-3-1-4-8-15)13-14-19-16-9-5-2-6-10-16/h1-10H,11-14H2. The zero-order chi connectivity index (χ0) is 13.3. The van der Waals surface area contributed by atoms with Crippen molar-refractivity contribution in [2.24, 2.45) is 0 Å². The summed E-state index contributed by atoms with van der Waals surface area (Å²) in [5.41, 5.74) is 1.18. The van der Waals surface area contributed by atoms with E-state index in [1.807, 2.05) is 48.5 Å². The van der Waals surface area contributed by atoms with Crippen molar-refractivity contribution >= 4 is 17.3 Å². The van der Waals surface area contributed by atoms with Gasteiger partial charge in [-0.05, 0) is 24.3 Å². The lowest BCUT2D eigenvalue weighted by Gasteiger charge is -2.23. The van der Waals surface area contributed by atoms with Crippen LogP contribution in [0.15, 0.2) is 60.7 Å². The molecule has 0 saturated carbocycles. The lowest BCUT2D eigenvalue weighted by atomic mass is 10.3. The lowest BCUT2D eigenvalue weighted by molar-refractivity contribution is 0.324. The monoisotopic (exact) mass is 275 g/mol. The third-order valence-electron chi connectivity index (χ3n) is 2.85. The molecule has 0 aliphatic heterocycles. The molecule has 0 amide bonds. The molecule has 0 bridgehead atoms. The smallest absolute Gasteiger partial charge is 0.119 e. The molecule has 0 radical (unpaired) electrons. The number of nitrogens with zero attached hydrogens (tertiary/aromatic N) is 1. The molecule has 0 fully saturated rings. The number of ether oxygens (including phenoxy) is 1. The van der Waals surface area contributed by atoms with Gasteiger partial charge in [0, 0.05) is 18.1 Å². The van der Waals surface area contributed by atoms with Gasteiger partial charge in [0.25, 0.3) is 0 Å². The molecule has 0 spiro atoms. The normalized spacial score (nSPS) is 10.2. The summed E-state index contributed by atoms with van der Waals surface area (Å²) in [5, 5.41) is 0. The number of anilines is 1. The SMILES string of the molecule is ClCCN(CCOc1ccccc1)c1ccccc1. The average molecular weight is 276 g/mol. The van der Waals surface area contributed by atoms with Crippen LogP contribution < -0.4 is 9.64 Å². The van der Waals surface area contributed by atoms with Gasteiger partial charge in [0.1, 0.15) is 12.4 Å². The number of halogens is 1. The largest absolute Gasteiger partial charge is 0.492 e. The quantitative estimate of drug-likeness (QED) is 0.713. The Labute approximate surface area is 119 Å². The molecule has 2 aromatic carbocycles. The van der Waals surface area contributed by atoms with E-state index in [-0.39, 0.29) is 0 Å². The highest BCUT2D eigenvalue weighted by molar-refractivity contribution is 6.18. The highest BCUT2D eigenvalue weighted by atomic mass is 35.5. The van der Waals surface area contributed by atoms with Crippen molar-refractivity contribution in [3.05, 3.63) is 60.7 Å². The van der Waals surface area contributed by atoms with Crippen LogP contribution in [0.1, 0.15) is 0 Å². The molecule has 0 atom stereocenters. The number of alkyl halides is 1. The molecule has 0 N–H and O–H groups in total. The van der Waals surface area contributed by atoms with E-state index >= 15 is 0 Å². The molecular weight excluding hydrogens is 258 g/mol. The van der Waals surface area contributed by atoms with Crippen molar-refractivity contribution in [3.63, 3.8) is 0 Å². The Kier molecular flexibility index (Phi) is 5.57. The minimum atomic E-state index is 0.611. The number of benzene rings is 2. The Morgan fingerprint density at radius 1 is 0.842 bits per heavy atom. The molecule has 2 aromatic rings. The first-order valence-corrected chi connectivity index (χ1v) is 6.97. The molecule has 0 aromatic heterocycles. The maximum Gasteiger partial charge on any atom is 0.119 e. The summed E-state index contributed by atoms with van der Waals surface area (Å²) in [4.78, 5) is 2.23. The maximum atomic E-state index is 5.86. The van der Waals surface area contributed by atoms with E-state index in [1.54, 1.807) is 0 Å². The first-order valence-electron chi connectivity index (χ1n) is 6.44. The van der Waals surface area contributed by atoms with Crippen LogP contribution in [0.3, 0.4) is 0 Å². The van der Waals surface area contributed by atoms with Crippen molar-refractivity contribution in [2.45, 2.75) is 0 Å². The third-order valence-corrected chi connectivity index (χ3v) is 3.02. The van der Waals surface area contributed by atoms with Crippen molar-refractivity contribution in [1.29, 1.82) is 0 Å². The zero-order valence-electron chi connectivity index (χ0n) is 10.8. The molecular formula is C16H18ClNO. The van der Waals surface area contributed by atoms with Crippen LogP contribution >= 0.6 is 11.6 Å². The number of hydrogen-bond donors (Lipinski definition) is 0. The topological polar surface area (TPSA) is 12.5 Å². The summed E-state index contributed by atoms with van der Waals surface area (Å²) < 4.78 is 5.72. The van der Waals surface area contributed by atoms with Gasteiger partial charge in [-0.1, -0.05) is 36.4 Å². The highest BCUT2D eigenvalue weighted by Gasteiger charge is 2.05. The Morgan fingerprint density at radius 3 is 2.11 bits per heavy atom. The van der Waals surface area contributed by atoms with Gasteiger partial charge in [-0.2, -0.15) is 0 Å². The zero-order valence-corrected chi connectivity index (χ0v) is 11.6. The Morgan fingerprint density at radius 2 is 1.47 bits per heavy atom. The molecule has 0 aliphatic carbocycles. The Balaban J connectivity index is 1.87. The second-order valence-corrected chi connectivity index (χ2v) is 4.55. The van der Waals surface area contributed by atoms with E-state index in [0.29, 0.717) is 12.5 Å². The van der Waals surface area contributed by atoms with Gasteiger partial charge in [-0.25, -0.2) is 0 Å². The van der Waals surface area contributed by atoms with Gasteiger partial charge >= 0.3 is 0 Å². The minimum Gasteiger partial charge on any atom is -0.492 e. The van der Waals surface area contributed by atoms with Gasteiger partial charge in [0.2, 0.25) is 0 Å². The van der Waals surface area contributed by atoms with Crippen LogP contribution in [0, 0.1) is 0 Å². The van der Waals surface area contributed by atoms with Crippen LogP contribution in [0.4, 0.5) is 5.69 Å². The van der Waals surface area contributed by atoms with Gasteiger partial charge in [-0.3, -0.25) is 0 Å². The molecule has 0 heterocycles. The van der Waals surface area contributed by atoms with Crippen LogP contribution in [0.25, 0.3) is 0 Å². The molecule has 0 aliphatic rings. The van der Waals surface area contributed by atoms with Gasteiger partial charge in [0.05, 0.1) is 6.54 Å². The fourth-order valence-electron chi connectivity index (χ4n) is 1.90. The second kappa shape index (κ2) is 7.70. The van der Waals surface area contributed by atoms with Gasteiger partial charge in [0.15, 0.2) is 0 Å². The van der Waals surface area contributed by atoms with Crippen molar-refractivity contribution in [2.75, 3.05) is 30.5 Å². The van der Waals surface area contributed by atoms with E-state index in [9.17, 15) is 0 Å². The van der Waals surface area contributed by atoms with E-state index in [4.69, 9.17) is 16.3 Å². The Bertz CT molecular complexity index is 461. The molecule has 19 heavy (non-hydrogen) atoms. The maximum absolute atomic E-state index is 5.86. The Hall–Kier alpha value is -1.67. The summed E-state index contributed by atoms with van der Waals surface area (Å²) >= 11 is 5.86. The van der Waals surface area contributed by atoms with E-state index in [1.165, 1.54) is 5.69 Å². The highest BCUT2D eigenvalue weighted by Crippen LogP contribution is 2.13. The fraction of sp³-hybridized carbons (Fsp3) is 0.250. The average Bonchev–Trinajstić information content (AvgIpc) is 2.48. The predicted octanol–water partition coefficient (Wildman–Crippen LogP) is 3.81. The first kappa shape index (κ1) is 13.8. The first-order chi connectivity index (χ1) is 9.40. The van der Waals surface area contributed by atoms with Crippen molar-refractivity contribution in [1.82, 2.24) is 0 Å². The summed E-state index contributed by atoms with van der Waals surface area (Å²) in [6, 6.07) is 20.1. The summed E-state index contributed by atoms with van der Waals surface area (Å²) in [7, 11) is 0. The molecule has 2 nitrogen and oxygen atoms in total. The van der Waals surface area contributed by atoms with E-state index in [0.717, 1.165) is 18.8 Å². The van der Waals surface area contributed by atoms with Crippen LogP contribution in [0.5, 0.6) is 5.75 Å². The molecule has 100 valence electrons. The summed E-state index contributed by atoms with van der Waals surface area (Å²) in [5.74, 6) is 1.52. The van der Waals surface area contributed by atoms with Crippen LogP contribution in [0.2, 0.25) is 0 Å². The third kappa shape index (κ3) is 4.49. The number of hydrogen-bond acceptors (Lipinski definition) is 2. The number of rotatable bonds is 7. The fourth-order valence-corrected chi connectivity index (χ4v) is 2.11. The van der Waals surface area contributed by atoms with E-state index < -0.39 is 0 Å². The van der Waals surface area contributed by atoms with Crippen molar-refractivity contribution < 1.29 is 4.74 Å². The van der Waals surface area contributed by atoms with Crippen LogP contribution in [-0.2, 0) is 0 Å². The van der Waals surface area contributed by atoms with E-state index in [2.05, 4.69) is 17.0 Å². The van der Waals surface area contributed by atoms with Crippen LogP contribution in [-0.4, -0.2) is 25.6 Å². The molecule has 0 unspecified atom stereocenters. The van der Waals surface area contributed by atoms with Gasteiger partial charge in [-0.15, -0.1) is 11.6 Å². The van der Waals surface area contributed by atoms with Crippen molar-refractivity contribution in [3.8, 4) is 5.75 Å². The second-order valence-electron chi connectivity index (χ2n) is 4.17. The molecule has 0 saturated heterocycles. The molecule has 2 rings (SSSR count). The van der Waals surface area contributed by atoms with Gasteiger partial charge < -0.3 is 9.64 Å². The minimum absolute atomic E-state index is 0.611. The lowest BCUT2D eigenvalue weighted by Crippen LogP contribution is -2.30. The predicted molar refractivity (Wildman–Crippen MR) is 81.3 cm³/mol. The summed E-state index contributed by atoms with van der Waals surface area (Å²) in [6.07, 6.45) is 0. The summed E-state index contributed by atoms with van der Waals surface area (Å²) in [6.45, 7) is 2.30. The number of para-hydroxylation sites is 2. The molecule has 3 heteroatoms.